The Bertz CT molecular complexity index is 434. The monoisotopic (exact) mass is 265 g/mol. The Morgan fingerprint density at radius 2 is 1.74 bits per heavy atom. The molecule has 0 spiro atoms. The summed E-state index contributed by atoms with van der Waals surface area (Å²) in [7, 11) is 0. The Hall–Kier alpha value is -1.38. The molecule has 0 radical (unpaired) electrons. The summed E-state index contributed by atoms with van der Waals surface area (Å²) in [6.45, 7) is 10.0. The van der Waals surface area contributed by atoms with Gasteiger partial charge in [0, 0.05) is 17.6 Å². The molecular formula is C16H24FNO. The molecule has 0 aliphatic rings. The predicted octanol–water partition coefficient (Wildman–Crippen LogP) is 4.17. The Labute approximate surface area is 115 Å². The number of hydrogen-bond donors (Lipinski definition) is 0. The highest BCUT2D eigenvalue weighted by atomic mass is 19.1. The van der Waals surface area contributed by atoms with E-state index >= 15 is 0 Å². The fourth-order valence-electron chi connectivity index (χ4n) is 2.19. The van der Waals surface area contributed by atoms with Crippen LogP contribution < -0.4 is 0 Å². The molecule has 0 saturated heterocycles. The second kappa shape index (κ2) is 6.69. The molecule has 2 atom stereocenters. The fraction of sp³-hybridized carbons (Fsp3) is 0.562. The first-order valence-corrected chi connectivity index (χ1v) is 7.01. The zero-order chi connectivity index (χ0) is 14.6. The lowest BCUT2D eigenvalue weighted by Gasteiger charge is -2.34. The van der Waals surface area contributed by atoms with Crippen LogP contribution in [0.2, 0.25) is 0 Å². The first-order valence-electron chi connectivity index (χ1n) is 7.01. The minimum atomic E-state index is -0.359. The number of benzene rings is 1. The molecule has 0 saturated carbocycles. The van der Waals surface area contributed by atoms with Gasteiger partial charge >= 0.3 is 0 Å². The molecular weight excluding hydrogens is 241 g/mol. The van der Waals surface area contributed by atoms with Crippen molar-refractivity contribution in [2.45, 2.75) is 59.5 Å². The second-order valence-corrected chi connectivity index (χ2v) is 5.19. The highest BCUT2D eigenvalue weighted by Gasteiger charge is 2.25. The molecule has 3 heteroatoms. The average molecular weight is 265 g/mol. The molecule has 106 valence electrons. The largest absolute Gasteiger partial charge is 0.333 e. The van der Waals surface area contributed by atoms with E-state index in [1.807, 2.05) is 25.7 Å². The lowest BCUT2D eigenvalue weighted by Crippen LogP contribution is -2.44. The molecule has 0 aliphatic heterocycles. The van der Waals surface area contributed by atoms with Gasteiger partial charge in [-0.3, -0.25) is 4.79 Å². The lowest BCUT2D eigenvalue weighted by molar-refractivity contribution is 0.0597. The van der Waals surface area contributed by atoms with Crippen molar-refractivity contribution < 1.29 is 9.18 Å². The van der Waals surface area contributed by atoms with E-state index in [4.69, 9.17) is 0 Å². The third kappa shape index (κ3) is 3.55. The van der Waals surface area contributed by atoms with Crippen molar-refractivity contribution in [1.82, 2.24) is 4.90 Å². The minimum absolute atomic E-state index is 0.0688. The second-order valence-electron chi connectivity index (χ2n) is 5.19. The van der Waals surface area contributed by atoms with Gasteiger partial charge in [0.2, 0.25) is 0 Å². The van der Waals surface area contributed by atoms with Crippen molar-refractivity contribution in [3.63, 3.8) is 0 Å². The summed E-state index contributed by atoms with van der Waals surface area (Å²) in [4.78, 5) is 14.6. The molecule has 0 heterocycles. The van der Waals surface area contributed by atoms with Crippen LogP contribution in [0.25, 0.3) is 0 Å². The number of hydrogen-bond acceptors (Lipinski definition) is 1. The Balaban J connectivity index is 3.15. The van der Waals surface area contributed by atoms with Crippen LogP contribution in [-0.2, 0) is 0 Å². The van der Waals surface area contributed by atoms with Crippen LogP contribution in [0.15, 0.2) is 18.2 Å². The van der Waals surface area contributed by atoms with Gasteiger partial charge in [-0.1, -0.05) is 19.9 Å². The maximum Gasteiger partial charge on any atom is 0.254 e. The minimum Gasteiger partial charge on any atom is -0.333 e. The van der Waals surface area contributed by atoms with Gasteiger partial charge in [0.25, 0.3) is 5.91 Å². The van der Waals surface area contributed by atoms with Crippen LogP contribution in [0.5, 0.6) is 0 Å². The molecule has 1 rings (SSSR count). The highest BCUT2D eigenvalue weighted by Crippen LogP contribution is 2.19. The average Bonchev–Trinajstić information content (AvgIpc) is 2.40. The number of rotatable bonds is 5. The molecule has 1 aromatic rings. The zero-order valence-electron chi connectivity index (χ0n) is 12.5. The Kier molecular flexibility index (Phi) is 5.52. The van der Waals surface area contributed by atoms with Gasteiger partial charge in [0.15, 0.2) is 0 Å². The van der Waals surface area contributed by atoms with E-state index in [-0.39, 0.29) is 23.8 Å². The van der Waals surface area contributed by atoms with E-state index in [0.717, 1.165) is 18.4 Å². The maximum atomic E-state index is 13.4. The first kappa shape index (κ1) is 15.7. The summed E-state index contributed by atoms with van der Waals surface area (Å²) < 4.78 is 13.4. The molecule has 0 aliphatic carbocycles. The van der Waals surface area contributed by atoms with Crippen molar-refractivity contribution in [3.8, 4) is 0 Å². The molecule has 1 aromatic carbocycles. The van der Waals surface area contributed by atoms with Crippen LogP contribution in [-0.4, -0.2) is 22.9 Å². The number of amides is 1. The van der Waals surface area contributed by atoms with Crippen LogP contribution in [0, 0.1) is 12.7 Å². The van der Waals surface area contributed by atoms with Gasteiger partial charge in [-0.05, 0) is 51.3 Å². The summed E-state index contributed by atoms with van der Waals surface area (Å²) in [5.41, 5.74) is 1.30. The standard InChI is InChI=1S/C16H24FNO/c1-6-12(4)18(13(5)7-2)16(19)15-10-14(17)9-8-11(15)3/h8-10,12-13H,6-7H2,1-5H3/t12-,13-/m1/s1. The smallest absolute Gasteiger partial charge is 0.254 e. The number of nitrogens with zero attached hydrogens (tertiary/aromatic N) is 1. The van der Waals surface area contributed by atoms with Gasteiger partial charge < -0.3 is 4.90 Å². The van der Waals surface area contributed by atoms with Crippen molar-refractivity contribution in [1.29, 1.82) is 0 Å². The van der Waals surface area contributed by atoms with Crippen LogP contribution in [0.3, 0.4) is 0 Å². The molecule has 2 nitrogen and oxygen atoms in total. The number of halogens is 1. The van der Waals surface area contributed by atoms with Crippen LogP contribution in [0.4, 0.5) is 4.39 Å². The predicted molar refractivity (Wildman–Crippen MR) is 76.8 cm³/mol. The summed E-state index contributed by atoms with van der Waals surface area (Å²) in [6.07, 6.45) is 1.79. The van der Waals surface area contributed by atoms with Crippen molar-refractivity contribution in [3.05, 3.63) is 35.1 Å². The SMILES string of the molecule is CC[C@@H](C)N(C(=O)c1cc(F)ccc1C)[C@H](C)CC. The number of aryl methyl sites for hydroxylation is 1. The number of carbonyl (C=O) groups is 1. The Morgan fingerprint density at radius 3 is 2.21 bits per heavy atom. The van der Waals surface area contributed by atoms with Crippen molar-refractivity contribution in [2.24, 2.45) is 0 Å². The normalized spacial score (nSPS) is 14.0. The molecule has 0 bridgehead atoms. The zero-order valence-corrected chi connectivity index (χ0v) is 12.5. The topological polar surface area (TPSA) is 20.3 Å². The maximum absolute atomic E-state index is 13.4. The highest BCUT2D eigenvalue weighted by molar-refractivity contribution is 5.96. The third-order valence-corrected chi connectivity index (χ3v) is 3.80. The first-order chi connectivity index (χ1) is 8.92. The van der Waals surface area contributed by atoms with Crippen molar-refractivity contribution >= 4 is 5.91 Å². The van der Waals surface area contributed by atoms with E-state index < -0.39 is 0 Å². The van der Waals surface area contributed by atoms with E-state index in [9.17, 15) is 9.18 Å². The molecule has 0 N–H and O–H groups in total. The van der Waals surface area contributed by atoms with Gasteiger partial charge in [0.1, 0.15) is 5.82 Å². The molecule has 0 fully saturated rings. The third-order valence-electron chi connectivity index (χ3n) is 3.80. The van der Waals surface area contributed by atoms with E-state index in [0.29, 0.717) is 5.56 Å². The molecule has 1 amide bonds. The summed E-state index contributed by atoms with van der Waals surface area (Å²) >= 11 is 0. The lowest BCUT2D eigenvalue weighted by atomic mass is 10.0. The fourth-order valence-corrected chi connectivity index (χ4v) is 2.19. The molecule has 0 aromatic heterocycles. The van der Waals surface area contributed by atoms with Crippen LogP contribution >= 0.6 is 0 Å². The summed E-state index contributed by atoms with van der Waals surface area (Å²) in [6, 6.07) is 4.71. The van der Waals surface area contributed by atoms with Gasteiger partial charge in [-0.15, -0.1) is 0 Å². The van der Waals surface area contributed by atoms with Crippen molar-refractivity contribution in [2.75, 3.05) is 0 Å². The summed E-state index contributed by atoms with van der Waals surface area (Å²) in [5, 5.41) is 0. The quantitative estimate of drug-likeness (QED) is 0.782. The van der Waals surface area contributed by atoms with Gasteiger partial charge in [0.05, 0.1) is 0 Å². The molecule has 0 unspecified atom stereocenters. The molecule has 19 heavy (non-hydrogen) atoms. The van der Waals surface area contributed by atoms with E-state index in [2.05, 4.69) is 13.8 Å². The van der Waals surface area contributed by atoms with Gasteiger partial charge in [-0.25, -0.2) is 4.39 Å². The summed E-state index contributed by atoms with van der Waals surface area (Å²) in [5.74, 6) is -0.428. The van der Waals surface area contributed by atoms with Crippen LogP contribution in [0.1, 0.15) is 56.5 Å². The Morgan fingerprint density at radius 1 is 1.21 bits per heavy atom. The van der Waals surface area contributed by atoms with E-state index in [1.54, 1.807) is 6.07 Å². The van der Waals surface area contributed by atoms with E-state index in [1.165, 1.54) is 12.1 Å². The van der Waals surface area contributed by atoms with Gasteiger partial charge in [-0.2, -0.15) is 0 Å². The number of carbonyl (C=O) groups excluding carboxylic acids is 1.